The first-order chi connectivity index (χ1) is 18.7. The Morgan fingerprint density at radius 1 is 1.00 bits per heavy atom. The van der Waals surface area contributed by atoms with E-state index < -0.39 is 16.7 Å². The smallest absolute Gasteiger partial charge is 0.768 e. The minimum absolute atomic E-state index is 0. The van der Waals surface area contributed by atoms with Gasteiger partial charge in [-0.2, -0.15) is 0 Å². The fourth-order valence-electron chi connectivity index (χ4n) is 5.23. The molecule has 1 unspecified atom stereocenters. The van der Waals surface area contributed by atoms with E-state index in [2.05, 4.69) is 5.16 Å². The number of ether oxygens (including phenoxy) is 1. The van der Waals surface area contributed by atoms with Gasteiger partial charge in [0.25, 0.3) is 0 Å². The van der Waals surface area contributed by atoms with Crippen LogP contribution in [0.5, 0.6) is 5.75 Å². The molecule has 2 aliphatic rings. The monoisotopic (exact) mass is 625 g/mol. The van der Waals surface area contributed by atoms with Gasteiger partial charge in [0.2, 0.25) is 0 Å². The summed E-state index contributed by atoms with van der Waals surface area (Å²) in [6.45, 7) is 0.193. The molecule has 0 bridgehead atoms. The van der Waals surface area contributed by atoms with E-state index in [-0.39, 0.29) is 47.0 Å². The summed E-state index contributed by atoms with van der Waals surface area (Å²) in [5, 5.41) is 16.9. The summed E-state index contributed by atoms with van der Waals surface area (Å²) in [4.78, 5) is 0.240. The Balaban J connectivity index is 0.00000323. The number of hydrogen-bond donors (Lipinski definition) is 1. The van der Waals surface area contributed by atoms with Gasteiger partial charge in [0.05, 0.1) is 26.2 Å². The van der Waals surface area contributed by atoms with E-state index in [0.717, 1.165) is 29.7 Å². The van der Waals surface area contributed by atoms with Gasteiger partial charge in [0.1, 0.15) is 23.8 Å². The molecule has 0 spiro atoms. The Labute approximate surface area is 271 Å². The Hall–Kier alpha value is -1.39. The fraction of sp³-hybridized carbons (Fsp3) is 0.276. The molecule has 6 nitrogen and oxygen atoms in total. The molecule has 1 N–H and O–H groups in total. The number of halogens is 3. The van der Waals surface area contributed by atoms with Crippen molar-refractivity contribution in [2.75, 3.05) is 0 Å². The van der Waals surface area contributed by atoms with Crippen LogP contribution in [-0.4, -0.2) is 19.0 Å². The molecule has 2 saturated carbocycles. The second-order valence-corrected chi connectivity index (χ2v) is 12.3. The number of rotatable bonds is 8. The van der Waals surface area contributed by atoms with Crippen LogP contribution < -0.4 is 34.3 Å². The number of hydrogen-bond acceptors (Lipinski definition) is 6. The third-order valence-electron chi connectivity index (χ3n) is 7.50. The zero-order valence-corrected chi connectivity index (χ0v) is 26.6. The maximum atomic E-state index is 11.3. The van der Waals surface area contributed by atoms with E-state index in [1.165, 1.54) is 0 Å². The summed E-state index contributed by atoms with van der Waals surface area (Å²) in [7, 11) is 0. The summed E-state index contributed by atoms with van der Waals surface area (Å²) in [5.41, 5.74) is 2.54. The van der Waals surface area contributed by atoms with Crippen molar-refractivity contribution < 1.29 is 52.7 Å². The predicted octanol–water partition coefficient (Wildman–Crippen LogP) is 4.77. The van der Waals surface area contributed by atoms with Crippen molar-refractivity contribution in [3.63, 3.8) is 0 Å². The Morgan fingerprint density at radius 3 is 2.27 bits per heavy atom. The molecule has 1 atom stereocenters. The minimum atomic E-state index is -2.26. The van der Waals surface area contributed by atoms with Crippen LogP contribution in [0.25, 0.3) is 11.3 Å². The number of aromatic nitrogens is 1. The number of aliphatic hydroxyl groups is 1. The second kappa shape index (κ2) is 12.1. The van der Waals surface area contributed by atoms with Gasteiger partial charge < -0.3 is 18.9 Å². The van der Waals surface area contributed by atoms with Crippen LogP contribution >= 0.6 is 34.8 Å². The van der Waals surface area contributed by atoms with Gasteiger partial charge in [-0.3, -0.25) is 4.21 Å². The van der Waals surface area contributed by atoms with E-state index in [1.54, 1.807) is 60.7 Å². The first-order valence-electron chi connectivity index (χ1n) is 12.5. The van der Waals surface area contributed by atoms with Crippen LogP contribution in [0.15, 0.2) is 70.1 Å². The van der Waals surface area contributed by atoms with Crippen LogP contribution in [0.4, 0.5) is 0 Å². The molecule has 2 aliphatic carbocycles. The van der Waals surface area contributed by atoms with Gasteiger partial charge in [-0.1, -0.05) is 64.2 Å². The van der Waals surface area contributed by atoms with Crippen LogP contribution in [0.3, 0.4) is 0 Å². The number of nitrogens with zero attached hydrogens (tertiary/aromatic N) is 1. The summed E-state index contributed by atoms with van der Waals surface area (Å²) >= 11 is 17.3. The summed E-state index contributed by atoms with van der Waals surface area (Å²) in [5.74, 6) is 1.74. The molecule has 1 heterocycles. The van der Waals surface area contributed by atoms with Crippen molar-refractivity contribution >= 4 is 45.9 Å². The van der Waals surface area contributed by atoms with Crippen molar-refractivity contribution in [3.05, 3.63) is 98.2 Å². The van der Waals surface area contributed by atoms with Crippen LogP contribution in [-0.2, 0) is 23.3 Å². The maximum Gasteiger partial charge on any atom is 1.00 e. The molecule has 0 amide bonds. The molecule has 6 rings (SSSR count). The summed E-state index contributed by atoms with van der Waals surface area (Å²) < 4.78 is 34.1. The van der Waals surface area contributed by atoms with Crippen molar-refractivity contribution in [1.82, 2.24) is 5.16 Å². The van der Waals surface area contributed by atoms with Crippen molar-refractivity contribution in [3.8, 4) is 17.0 Å². The van der Waals surface area contributed by atoms with E-state index in [0.29, 0.717) is 56.4 Å². The van der Waals surface area contributed by atoms with E-state index in [1.807, 2.05) is 0 Å². The van der Waals surface area contributed by atoms with Crippen LogP contribution in [0.2, 0.25) is 15.1 Å². The first-order valence-corrected chi connectivity index (χ1v) is 14.7. The zero-order valence-electron chi connectivity index (χ0n) is 21.5. The van der Waals surface area contributed by atoms with Crippen molar-refractivity contribution in [2.45, 2.75) is 54.6 Å². The summed E-state index contributed by atoms with van der Waals surface area (Å²) in [6, 6.07) is 17.3. The van der Waals surface area contributed by atoms with Gasteiger partial charge in [-0.25, -0.2) is 0 Å². The van der Waals surface area contributed by atoms with Gasteiger partial charge in [-0.15, -0.1) is 0 Å². The summed E-state index contributed by atoms with van der Waals surface area (Å²) in [6.07, 6.45) is 3.03. The molecular weight excluding hydrogens is 604 g/mol. The zero-order chi connectivity index (χ0) is 27.3. The van der Waals surface area contributed by atoms with Gasteiger partial charge >= 0.3 is 29.6 Å². The molecule has 4 aromatic rings. The maximum absolute atomic E-state index is 11.3. The van der Waals surface area contributed by atoms with E-state index in [4.69, 9.17) is 44.1 Å². The predicted molar refractivity (Wildman–Crippen MR) is 149 cm³/mol. The Bertz CT molecular complexity index is 1550. The molecule has 1 aromatic heterocycles. The molecule has 0 radical (unpaired) electrons. The SMILES string of the molecule is O=S([O-])c1ccc(C2CC(O)(c3ccc(OCc4c(-c5c(Cl)cccc5Cl)noc4C4CC4)cc3Cl)C2)cc1.[Na+]. The third-order valence-corrected chi connectivity index (χ3v) is 9.10. The average Bonchev–Trinajstić information content (AvgIpc) is 3.66. The molecule has 0 saturated heterocycles. The first kappa shape index (κ1) is 30.1. The quantitative estimate of drug-likeness (QED) is 0.224. The van der Waals surface area contributed by atoms with Gasteiger partial charge in [-0.05, 0) is 84.6 Å². The van der Waals surface area contributed by atoms with Crippen molar-refractivity contribution in [2.24, 2.45) is 0 Å². The topological polar surface area (TPSA) is 95.6 Å². The molecule has 40 heavy (non-hydrogen) atoms. The van der Waals surface area contributed by atoms with Crippen LogP contribution in [0, 0.1) is 0 Å². The fourth-order valence-corrected chi connectivity index (χ4v) is 6.51. The van der Waals surface area contributed by atoms with Crippen LogP contribution in [0.1, 0.15) is 60.0 Å². The molecule has 3 aromatic carbocycles. The molecule has 2 fully saturated rings. The average molecular weight is 627 g/mol. The minimum Gasteiger partial charge on any atom is -0.768 e. The Morgan fingerprint density at radius 2 is 1.68 bits per heavy atom. The second-order valence-electron chi connectivity index (χ2n) is 10.1. The van der Waals surface area contributed by atoms with E-state index >= 15 is 0 Å². The standard InChI is InChI=1S/C29H24Cl3NO5S.Na/c30-23-2-1-3-24(31)26(23)27-21(28(38-33-27)17-4-5-17)15-37-19-8-11-22(25(32)12-19)29(34)13-18(14-29)16-6-9-20(10-7-16)39(35)36;/h1-3,6-12,17-18,34H,4-5,13-15H2,(H,35,36);/q;+1/p-1. The van der Waals surface area contributed by atoms with Crippen molar-refractivity contribution in [1.29, 1.82) is 0 Å². The largest absolute Gasteiger partial charge is 1.00 e. The van der Waals surface area contributed by atoms with Gasteiger partial charge in [0.15, 0.2) is 0 Å². The Kier molecular flexibility index (Phi) is 9.08. The molecule has 0 aliphatic heterocycles. The normalized spacial score (nSPS) is 20.9. The third kappa shape index (κ3) is 5.91. The molecular formula is C29H23Cl3NNaO5S. The molecule has 11 heteroatoms. The number of benzene rings is 3. The molecule has 202 valence electrons. The van der Waals surface area contributed by atoms with Gasteiger partial charge in [0, 0.05) is 21.9 Å². The van der Waals surface area contributed by atoms with E-state index in [9.17, 15) is 13.9 Å².